The number of benzene rings is 1. The number of rotatable bonds is 6. The van der Waals surface area contributed by atoms with E-state index in [9.17, 15) is 4.79 Å². The Hall–Kier alpha value is -1.00. The maximum Gasteiger partial charge on any atom is 0.224 e. The van der Waals surface area contributed by atoms with Crippen LogP contribution in [-0.2, 0) is 11.3 Å². The number of thioether (sulfide) groups is 1. The Morgan fingerprint density at radius 2 is 1.89 bits per heavy atom. The van der Waals surface area contributed by atoms with Crippen molar-refractivity contribution in [2.75, 3.05) is 13.3 Å². The Morgan fingerprint density at radius 3 is 2.37 bits per heavy atom. The summed E-state index contributed by atoms with van der Waals surface area (Å²) in [6, 6.07) is 8.24. The van der Waals surface area contributed by atoms with Crippen LogP contribution in [0.5, 0.6) is 0 Å². The number of carbonyl (C=O) groups excluding carboxylic acids is 1. The Bertz CT molecular complexity index is 403. The van der Waals surface area contributed by atoms with Gasteiger partial charge in [0.05, 0.1) is 0 Å². The third kappa shape index (κ3) is 5.25. The highest BCUT2D eigenvalue weighted by Gasteiger charge is 2.16. The number of nitrogens with two attached hydrogens (primary N) is 1. The average Bonchev–Trinajstić information content (AvgIpc) is 2.39. The van der Waals surface area contributed by atoms with Crippen molar-refractivity contribution in [1.29, 1.82) is 0 Å². The minimum Gasteiger partial charge on any atom is -0.341 e. The van der Waals surface area contributed by atoms with Gasteiger partial charge in [0.25, 0.3) is 0 Å². The molecule has 1 amide bonds. The Balaban J connectivity index is 2.53. The van der Waals surface area contributed by atoms with Crippen molar-refractivity contribution < 1.29 is 4.79 Å². The van der Waals surface area contributed by atoms with Crippen LogP contribution in [-0.4, -0.2) is 30.2 Å². The number of hydrogen-bond donors (Lipinski definition) is 1. The van der Waals surface area contributed by atoms with E-state index in [4.69, 9.17) is 5.73 Å². The second-order valence-electron chi connectivity index (χ2n) is 5.21. The molecule has 0 fully saturated rings. The lowest BCUT2D eigenvalue weighted by atomic mass is 10.0. The van der Waals surface area contributed by atoms with E-state index in [-0.39, 0.29) is 11.9 Å². The van der Waals surface area contributed by atoms with E-state index in [1.165, 1.54) is 4.90 Å². The van der Waals surface area contributed by atoms with Crippen LogP contribution in [0.15, 0.2) is 29.2 Å². The first kappa shape index (κ1) is 16.1. The maximum atomic E-state index is 12.0. The van der Waals surface area contributed by atoms with Gasteiger partial charge in [-0.2, -0.15) is 0 Å². The van der Waals surface area contributed by atoms with Gasteiger partial charge in [0, 0.05) is 31.0 Å². The summed E-state index contributed by atoms with van der Waals surface area (Å²) in [5.41, 5.74) is 7.08. The molecule has 0 aliphatic heterocycles. The van der Waals surface area contributed by atoms with Gasteiger partial charge in [-0.3, -0.25) is 4.79 Å². The molecule has 0 bridgehead atoms. The van der Waals surface area contributed by atoms with Crippen LogP contribution >= 0.6 is 11.8 Å². The molecule has 1 atom stereocenters. The van der Waals surface area contributed by atoms with E-state index in [1.807, 2.05) is 20.9 Å². The van der Waals surface area contributed by atoms with Crippen molar-refractivity contribution in [3.05, 3.63) is 29.8 Å². The highest BCUT2D eigenvalue weighted by molar-refractivity contribution is 7.98. The van der Waals surface area contributed by atoms with E-state index in [0.29, 0.717) is 18.9 Å². The van der Waals surface area contributed by atoms with Crippen LogP contribution in [0, 0.1) is 5.92 Å². The van der Waals surface area contributed by atoms with Crippen LogP contribution < -0.4 is 5.73 Å². The van der Waals surface area contributed by atoms with Gasteiger partial charge >= 0.3 is 0 Å². The van der Waals surface area contributed by atoms with Crippen molar-refractivity contribution >= 4 is 17.7 Å². The third-order valence-electron chi connectivity index (χ3n) is 3.27. The lowest BCUT2D eigenvalue weighted by Crippen LogP contribution is -2.35. The predicted octanol–water partition coefficient (Wildman–Crippen LogP) is 2.74. The fourth-order valence-corrected chi connectivity index (χ4v) is 2.09. The molecular formula is C15H24N2OS. The molecule has 0 aromatic heterocycles. The van der Waals surface area contributed by atoms with Crippen LogP contribution in [0.2, 0.25) is 0 Å². The molecule has 0 aliphatic carbocycles. The van der Waals surface area contributed by atoms with Crippen LogP contribution in [0.3, 0.4) is 0 Å². The first-order chi connectivity index (χ1) is 8.93. The zero-order chi connectivity index (χ0) is 14.4. The lowest BCUT2D eigenvalue weighted by molar-refractivity contribution is -0.131. The van der Waals surface area contributed by atoms with Crippen molar-refractivity contribution in [2.45, 2.75) is 37.8 Å². The molecule has 0 saturated carbocycles. The Kier molecular flexibility index (Phi) is 6.38. The molecule has 0 heterocycles. The Morgan fingerprint density at radius 1 is 1.32 bits per heavy atom. The van der Waals surface area contributed by atoms with Gasteiger partial charge in [-0.05, 0) is 29.9 Å². The molecule has 1 aromatic rings. The molecule has 0 spiro atoms. The van der Waals surface area contributed by atoms with E-state index in [0.717, 1.165) is 5.56 Å². The highest BCUT2D eigenvalue weighted by Crippen LogP contribution is 2.16. The minimum absolute atomic E-state index is 0.0613. The first-order valence-electron chi connectivity index (χ1n) is 6.56. The van der Waals surface area contributed by atoms with Gasteiger partial charge in [-0.25, -0.2) is 0 Å². The quantitative estimate of drug-likeness (QED) is 0.815. The summed E-state index contributed by atoms with van der Waals surface area (Å²) in [5.74, 6) is 0.438. The number of nitrogens with zero attached hydrogens (tertiary/aromatic N) is 1. The zero-order valence-corrected chi connectivity index (χ0v) is 13.0. The summed E-state index contributed by atoms with van der Waals surface area (Å²) in [7, 11) is 1.83. The van der Waals surface area contributed by atoms with Gasteiger partial charge in [0.1, 0.15) is 0 Å². The van der Waals surface area contributed by atoms with Crippen LogP contribution in [0.1, 0.15) is 25.8 Å². The molecule has 0 radical (unpaired) electrons. The molecule has 1 unspecified atom stereocenters. The molecule has 106 valence electrons. The topological polar surface area (TPSA) is 46.3 Å². The molecule has 0 aliphatic rings. The van der Waals surface area contributed by atoms with Gasteiger partial charge in [0.2, 0.25) is 5.91 Å². The molecule has 0 saturated heterocycles. The van der Waals surface area contributed by atoms with Crippen molar-refractivity contribution in [2.24, 2.45) is 11.7 Å². The highest BCUT2D eigenvalue weighted by atomic mass is 32.2. The second kappa shape index (κ2) is 7.56. The molecular weight excluding hydrogens is 256 g/mol. The fourth-order valence-electron chi connectivity index (χ4n) is 1.69. The summed E-state index contributed by atoms with van der Waals surface area (Å²) >= 11 is 1.72. The number of hydrogen-bond acceptors (Lipinski definition) is 3. The largest absolute Gasteiger partial charge is 0.341 e. The summed E-state index contributed by atoms with van der Waals surface area (Å²) in [4.78, 5) is 15.0. The average molecular weight is 280 g/mol. The summed E-state index contributed by atoms with van der Waals surface area (Å²) in [6.45, 7) is 4.72. The van der Waals surface area contributed by atoms with E-state index >= 15 is 0 Å². The van der Waals surface area contributed by atoms with Crippen LogP contribution in [0.25, 0.3) is 0 Å². The molecule has 19 heavy (non-hydrogen) atoms. The van der Waals surface area contributed by atoms with Crippen molar-refractivity contribution in [3.63, 3.8) is 0 Å². The predicted molar refractivity (Wildman–Crippen MR) is 82.1 cm³/mol. The summed E-state index contributed by atoms with van der Waals surface area (Å²) in [5, 5.41) is 0. The van der Waals surface area contributed by atoms with Crippen molar-refractivity contribution in [3.8, 4) is 0 Å². The molecule has 1 aromatic carbocycles. The van der Waals surface area contributed by atoms with Gasteiger partial charge in [-0.15, -0.1) is 11.8 Å². The number of amides is 1. The second-order valence-corrected chi connectivity index (χ2v) is 6.09. The summed E-state index contributed by atoms with van der Waals surface area (Å²) in [6.07, 6.45) is 2.47. The SMILES string of the molecule is CSc1ccc(CN(C)C(=O)CC(N)C(C)C)cc1. The Labute approximate surface area is 120 Å². The number of carbonyl (C=O) groups is 1. The standard InChI is InChI=1S/C15H24N2OS/c1-11(2)14(16)9-15(18)17(3)10-12-5-7-13(19-4)8-6-12/h5-8,11,14H,9-10,16H2,1-4H3. The third-order valence-corrected chi connectivity index (χ3v) is 4.01. The molecule has 2 N–H and O–H groups in total. The molecule has 4 heteroatoms. The first-order valence-corrected chi connectivity index (χ1v) is 7.79. The van der Waals surface area contributed by atoms with E-state index in [2.05, 4.69) is 30.5 Å². The van der Waals surface area contributed by atoms with E-state index < -0.39 is 0 Å². The normalized spacial score (nSPS) is 12.5. The van der Waals surface area contributed by atoms with E-state index in [1.54, 1.807) is 16.7 Å². The van der Waals surface area contributed by atoms with Gasteiger partial charge in [0.15, 0.2) is 0 Å². The molecule has 3 nitrogen and oxygen atoms in total. The maximum absolute atomic E-state index is 12.0. The zero-order valence-electron chi connectivity index (χ0n) is 12.2. The smallest absolute Gasteiger partial charge is 0.224 e. The monoisotopic (exact) mass is 280 g/mol. The summed E-state index contributed by atoms with van der Waals surface area (Å²) < 4.78 is 0. The van der Waals surface area contributed by atoms with Gasteiger partial charge < -0.3 is 10.6 Å². The van der Waals surface area contributed by atoms with Crippen molar-refractivity contribution in [1.82, 2.24) is 4.90 Å². The van der Waals surface area contributed by atoms with Crippen LogP contribution in [0.4, 0.5) is 0 Å². The molecule has 1 rings (SSSR count). The minimum atomic E-state index is -0.0613. The fraction of sp³-hybridized carbons (Fsp3) is 0.533. The van der Waals surface area contributed by atoms with Gasteiger partial charge in [-0.1, -0.05) is 26.0 Å². The lowest BCUT2D eigenvalue weighted by Gasteiger charge is -2.21.